The van der Waals surface area contributed by atoms with E-state index in [4.69, 9.17) is 4.42 Å². The second kappa shape index (κ2) is 6.93. The Morgan fingerprint density at radius 1 is 1.35 bits per heavy atom. The van der Waals surface area contributed by atoms with E-state index >= 15 is 0 Å². The second-order valence-corrected chi connectivity index (χ2v) is 6.98. The maximum atomic E-state index is 12.3. The highest BCUT2D eigenvalue weighted by Gasteiger charge is 2.16. The van der Waals surface area contributed by atoms with E-state index in [0.717, 1.165) is 16.5 Å². The van der Waals surface area contributed by atoms with Crippen LogP contribution in [0.5, 0.6) is 0 Å². The van der Waals surface area contributed by atoms with Gasteiger partial charge in [-0.1, -0.05) is 48.2 Å². The van der Waals surface area contributed by atoms with Crippen LogP contribution in [0, 0.1) is 0 Å². The average Bonchev–Trinajstić information content (AvgIpc) is 2.99. The van der Waals surface area contributed by atoms with Crippen molar-refractivity contribution in [3.05, 3.63) is 46.3 Å². The lowest BCUT2D eigenvalue weighted by Crippen LogP contribution is -2.20. The summed E-state index contributed by atoms with van der Waals surface area (Å²) in [5.74, 6) is 0.393. The van der Waals surface area contributed by atoms with Gasteiger partial charge >= 0.3 is 5.63 Å². The summed E-state index contributed by atoms with van der Waals surface area (Å²) < 4.78 is 5.94. The van der Waals surface area contributed by atoms with E-state index in [1.54, 1.807) is 30.0 Å². The number of amides is 1. The molecule has 1 amide bonds. The number of hydrogen-bond acceptors (Lipinski definition) is 7. The topological polar surface area (TPSA) is 85.1 Å². The van der Waals surface area contributed by atoms with Gasteiger partial charge in [0, 0.05) is 11.1 Å². The van der Waals surface area contributed by atoms with E-state index in [1.165, 1.54) is 17.4 Å². The molecule has 6 nitrogen and oxygen atoms in total. The molecule has 0 bridgehead atoms. The van der Waals surface area contributed by atoms with Gasteiger partial charge in [0.25, 0.3) is 5.91 Å². The minimum Gasteiger partial charge on any atom is -0.422 e. The molecule has 23 heavy (non-hydrogen) atoms. The Kier molecular flexibility index (Phi) is 4.73. The third kappa shape index (κ3) is 3.59. The lowest BCUT2D eigenvalue weighted by molar-refractivity contribution is 0.102. The highest BCUT2D eigenvalue weighted by molar-refractivity contribution is 8.01. The molecule has 0 aliphatic heterocycles. The summed E-state index contributed by atoms with van der Waals surface area (Å²) in [4.78, 5) is 24.2. The normalized spacial score (nSPS) is 10.8. The molecule has 2 aromatic heterocycles. The van der Waals surface area contributed by atoms with Gasteiger partial charge in [-0.3, -0.25) is 10.1 Å². The van der Waals surface area contributed by atoms with Crippen molar-refractivity contribution < 1.29 is 9.21 Å². The van der Waals surface area contributed by atoms with E-state index in [1.807, 2.05) is 6.07 Å². The number of rotatable bonds is 5. The molecule has 118 valence electrons. The van der Waals surface area contributed by atoms with Crippen molar-refractivity contribution in [1.29, 1.82) is 0 Å². The molecule has 0 saturated carbocycles. The summed E-state index contributed by atoms with van der Waals surface area (Å²) in [6.07, 6.45) is 1.03. The van der Waals surface area contributed by atoms with Gasteiger partial charge in [0.2, 0.25) is 5.13 Å². The fourth-order valence-corrected chi connectivity index (χ4v) is 3.56. The number of aromatic nitrogens is 2. The lowest BCUT2D eigenvalue weighted by Gasteiger charge is -2.01. The van der Waals surface area contributed by atoms with Crippen molar-refractivity contribution in [3.8, 4) is 0 Å². The van der Waals surface area contributed by atoms with E-state index in [9.17, 15) is 9.59 Å². The smallest absolute Gasteiger partial charge is 0.349 e. The van der Waals surface area contributed by atoms with Crippen LogP contribution in [0.3, 0.4) is 0 Å². The van der Waals surface area contributed by atoms with Crippen molar-refractivity contribution in [2.24, 2.45) is 0 Å². The van der Waals surface area contributed by atoms with Crippen LogP contribution < -0.4 is 10.9 Å². The second-order valence-electron chi connectivity index (χ2n) is 4.66. The molecule has 1 N–H and O–H groups in total. The Hall–Kier alpha value is -2.19. The van der Waals surface area contributed by atoms with E-state index < -0.39 is 11.5 Å². The highest BCUT2D eigenvalue weighted by atomic mass is 32.2. The predicted molar refractivity (Wildman–Crippen MR) is 91.4 cm³/mol. The van der Waals surface area contributed by atoms with Gasteiger partial charge in [-0.25, -0.2) is 4.79 Å². The van der Waals surface area contributed by atoms with Crippen LogP contribution in [0.1, 0.15) is 23.7 Å². The summed E-state index contributed by atoms with van der Waals surface area (Å²) in [6, 6.07) is 8.55. The predicted octanol–water partition coefficient (Wildman–Crippen LogP) is 3.40. The first kappa shape index (κ1) is 15.7. The van der Waals surface area contributed by atoms with Gasteiger partial charge in [-0.15, -0.1) is 10.2 Å². The third-order valence-electron chi connectivity index (χ3n) is 2.94. The average molecular weight is 347 g/mol. The van der Waals surface area contributed by atoms with Gasteiger partial charge in [0.15, 0.2) is 4.34 Å². The summed E-state index contributed by atoms with van der Waals surface area (Å²) in [6.45, 7) is 2.08. The fourth-order valence-electron chi connectivity index (χ4n) is 1.89. The molecule has 3 rings (SSSR count). The molecule has 0 radical (unpaired) electrons. The van der Waals surface area contributed by atoms with Crippen molar-refractivity contribution in [1.82, 2.24) is 10.2 Å². The Morgan fingerprint density at radius 2 is 2.17 bits per heavy atom. The first-order chi connectivity index (χ1) is 11.2. The van der Waals surface area contributed by atoms with Crippen LogP contribution in [0.4, 0.5) is 5.13 Å². The summed E-state index contributed by atoms with van der Waals surface area (Å²) in [5, 5.41) is 11.5. The van der Waals surface area contributed by atoms with Crippen LogP contribution in [-0.2, 0) is 0 Å². The van der Waals surface area contributed by atoms with Crippen LogP contribution in [0.15, 0.2) is 43.9 Å². The Labute approximate surface area is 139 Å². The van der Waals surface area contributed by atoms with Crippen molar-refractivity contribution in [3.63, 3.8) is 0 Å². The first-order valence-corrected chi connectivity index (χ1v) is 8.78. The Bertz CT molecular complexity index is 904. The van der Waals surface area contributed by atoms with E-state index in [2.05, 4.69) is 22.4 Å². The minimum atomic E-state index is -0.675. The zero-order valence-electron chi connectivity index (χ0n) is 12.2. The minimum absolute atomic E-state index is 0.0540. The largest absolute Gasteiger partial charge is 0.422 e. The van der Waals surface area contributed by atoms with E-state index in [0.29, 0.717) is 16.1 Å². The summed E-state index contributed by atoms with van der Waals surface area (Å²) in [5.41, 5.74) is -0.281. The van der Waals surface area contributed by atoms with Crippen LogP contribution >= 0.6 is 23.1 Å². The van der Waals surface area contributed by atoms with Crippen molar-refractivity contribution >= 4 is 45.1 Å². The SMILES string of the molecule is CCCSc1nnc(NC(=O)c2cc3ccccc3oc2=O)s1. The molecule has 8 heteroatoms. The molecule has 0 aliphatic rings. The van der Waals surface area contributed by atoms with Crippen LogP contribution in [0.25, 0.3) is 11.0 Å². The van der Waals surface area contributed by atoms with Gasteiger partial charge in [-0.2, -0.15) is 0 Å². The zero-order valence-corrected chi connectivity index (χ0v) is 13.9. The highest BCUT2D eigenvalue weighted by Crippen LogP contribution is 2.26. The number of carbonyl (C=O) groups excluding carboxylic acids is 1. The summed E-state index contributed by atoms with van der Waals surface area (Å²) >= 11 is 2.86. The fraction of sp³-hybridized carbons (Fsp3) is 0.200. The molecule has 0 aliphatic carbocycles. The monoisotopic (exact) mass is 347 g/mol. The molecular weight excluding hydrogens is 334 g/mol. The molecule has 0 spiro atoms. The molecule has 3 aromatic rings. The molecular formula is C15H13N3O3S2. The lowest BCUT2D eigenvalue weighted by atomic mass is 10.2. The van der Waals surface area contributed by atoms with Gasteiger partial charge in [0.05, 0.1) is 0 Å². The maximum Gasteiger partial charge on any atom is 0.349 e. The number of nitrogens with zero attached hydrogens (tertiary/aromatic N) is 2. The number of fused-ring (bicyclic) bond motifs is 1. The Morgan fingerprint density at radius 3 is 3.00 bits per heavy atom. The molecule has 1 aromatic carbocycles. The van der Waals surface area contributed by atoms with Crippen molar-refractivity contribution in [2.45, 2.75) is 17.7 Å². The molecule has 0 saturated heterocycles. The maximum absolute atomic E-state index is 12.3. The number of hydrogen-bond donors (Lipinski definition) is 1. The molecule has 2 heterocycles. The Balaban J connectivity index is 1.81. The van der Waals surface area contributed by atoms with Gasteiger partial charge in [-0.05, 0) is 18.6 Å². The quantitative estimate of drug-likeness (QED) is 0.432. The zero-order chi connectivity index (χ0) is 16.2. The van der Waals surface area contributed by atoms with Gasteiger partial charge in [0.1, 0.15) is 11.1 Å². The van der Waals surface area contributed by atoms with E-state index in [-0.39, 0.29) is 5.56 Å². The summed E-state index contributed by atoms with van der Waals surface area (Å²) in [7, 11) is 0. The van der Waals surface area contributed by atoms with Gasteiger partial charge < -0.3 is 4.42 Å². The third-order valence-corrected chi connectivity index (χ3v) is 5.12. The number of para-hydroxylation sites is 1. The van der Waals surface area contributed by atoms with Crippen LogP contribution in [-0.4, -0.2) is 21.9 Å². The molecule has 0 atom stereocenters. The van der Waals surface area contributed by atoms with Crippen LogP contribution in [0.2, 0.25) is 0 Å². The number of nitrogens with one attached hydrogen (secondary N) is 1. The standard InChI is InChI=1S/C15H13N3O3S2/c1-2-7-22-15-18-17-14(23-15)16-12(19)10-8-9-5-3-4-6-11(9)21-13(10)20/h3-6,8H,2,7H2,1H3,(H,16,17,19). The molecule has 0 fully saturated rings. The number of anilines is 1. The molecule has 0 unspecified atom stereocenters. The number of carbonyl (C=O) groups is 1. The number of thioether (sulfide) groups is 1. The first-order valence-electron chi connectivity index (χ1n) is 6.98. The number of benzene rings is 1. The van der Waals surface area contributed by atoms with Crippen molar-refractivity contribution in [2.75, 3.05) is 11.1 Å².